The van der Waals surface area contributed by atoms with Gasteiger partial charge in [-0.1, -0.05) is 25.1 Å². The number of sulfonamides is 1. The van der Waals surface area contributed by atoms with E-state index in [1.165, 1.54) is 22.8 Å². The number of thiophene rings is 1. The van der Waals surface area contributed by atoms with Crippen LogP contribution in [0.2, 0.25) is 0 Å². The molecule has 1 aromatic carbocycles. The van der Waals surface area contributed by atoms with Gasteiger partial charge in [0.05, 0.1) is 15.5 Å². The Hall–Kier alpha value is -1.86. The predicted molar refractivity (Wildman–Crippen MR) is 93.6 cm³/mol. The summed E-state index contributed by atoms with van der Waals surface area (Å²) in [4.78, 5) is 12.6. The second-order valence-electron chi connectivity index (χ2n) is 5.24. The summed E-state index contributed by atoms with van der Waals surface area (Å²) in [6.45, 7) is 3.89. The molecule has 0 unspecified atom stereocenters. The van der Waals surface area contributed by atoms with Crippen molar-refractivity contribution in [1.29, 1.82) is 0 Å². The van der Waals surface area contributed by atoms with E-state index in [0.29, 0.717) is 10.6 Å². The van der Waals surface area contributed by atoms with Gasteiger partial charge >= 0.3 is 0 Å². The predicted octanol–water partition coefficient (Wildman–Crippen LogP) is 3.10. The van der Waals surface area contributed by atoms with Crippen molar-refractivity contribution in [1.82, 2.24) is 5.32 Å². The van der Waals surface area contributed by atoms with E-state index >= 15 is 0 Å². The van der Waals surface area contributed by atoms with Crippen molar-refractivity contribution in [2.24, 2.45) is 0 Å². The molecule has 0 saturated carbocycles. The van der Waals surface area contributed by atoms with E-state index in [1.807, 2.05) is 19.9 Å². The molecule has 5 nitrogen and oxygen atoms in total. The molecule has 124 valence electrons. The number of anilines is 1. The van der Waals surface area contributed by atoms with E-state index in [-0.39, 0.29) is 16.8 Å². The van der Waals surface area contributed by atoms with Crippen LogP contribution >= 0.6 is 11.3 Å². The first-order valence-corrected chi connectivity index (χ1v) is 9.61. The Morgan fingerprint density at radius 1 is 1.30 bits per heavy atom. The number of para-hydroxylation sites is 1. The third kappa shape index (κ3) is 3.92. The van der Waals surface area contributed by atoms with Crippen LogP contribution < -0.4 is 9.62 Å². The molecule has 0 spiro atoms. The van der Waals surface area contributed by atoms with E-state index in [9.17, 15) is 13.2 Å². The molecule has 1 aromatic heterocycles. The van der Waals surface area contributed by atoms with E-state index in [1.54, 1.807) is 24.3 Å². The molecule has 0 bridgehead atoms. The van der Waals surface area contributed by atoms with Crippen molar-refractivity contribution in [3.8, 4) is 0 Å². The monoisotopic (exact) mass is 352 g/mol. The molecular formula is C16H20N2O3S2. The van der Waals surface area contributed by atoms with E-state index in [0.717, 1.165) is 17.8 Å². The number of nitrogens with one attached hydrogen (secondary N) is 1. The summed E-state index contributed by atoms with van der Waals surface area (Å²) in [5.41, 5.74) is 0.573. The second-order valence-corrected chi connectivity index (χ2v) is 8.12. The Balaban J connectivity index is 2.23. The zero-order valence-electron chi connectivity index (χ0n) is 13.3. The Labute approximate surface area is 141 Å². The molecule has 0 radical (unpaired) electrons. The SMILES string of the molecule is CC[C@@H](C)NC(=O)c1cc(S(=O)(=O)N(C)c2ccccc2)cs1. The lowest BCUT2D eigenvalue weighted by Gasteiger charge is -2.18. The van der Waals surface area contributed by atoms with Crippen LogP contribution in [0.1, 0.15) is 29.9 Å². The lowest BCUT2D eigenvalue weighted by molar-refractivity contribution is 0.0943. The van der Waals surface area contributed by atoms with Crippen LogP contribution in [0.5, 0.6) is 0 Å². The largest absolute Gasteiger partial charge is 0.349 e. The minimum atomic E-state index is -3.68. The van der Waals surface area contributed by atoms with Crippen LogP contribution in [0, 0.1) is 0 Å². The highest BCUT2D eigenvalue weighted by atomic mass is 32.2. The van der Waals surface area contributed by atoms with Gasteiger partial charge in [0.15, 0.2) is 0 Å². The van der Waals surface area contributed by atoms with Gasteiger partial charge in [-0.15, -0.1) is 11.3 Å². The number of hydrogen-bond donors (Lipinski definition) is 1. The molecule has 1 N–H and O–H groups in total. The average molecular weight is 352 g/mol. The molecule has 0 fully saturated rings. The maximum Gasteiger partial charge on any atom is 0.264 e. The van der Waals surface area contributed by atoms with Crippen molar-refractivity contribution >= 4 is 33.0 Å². The minimum Gasteiger partial charge on any atom is -0.349 e. The highest BCUT2D eigenvalue weighted by Gasteiger charge is 2.24. The number of carbonyl (C=O) groups is 1. The zero-order valence-corrected chi connectivity index (χ0v) is 14.9. The smallest absolute Gasteiger partial charge is 0.264 e. The summed E-state index contributed by atoms with van der Waals surface area (Å²) in [6, 6.07) is 10.3. The second kappa shape index (κ2) is 7.14. The summed E-state index contributed by atoms with van der Waals surface area (Å²) < 4.78 is 26.5. The molecule has 1 amide bonds. The van der Waals surface area contributed by atoms with Crippen molar-refractivity contribution < 1.29 is 13.2 Å². The van der Waals surface area contributed by atoms with Crippen molar-refractivity contribution in [2.45, 2.75) is 31.2 Å². The van der Waals surface area contributed by atoms with Crippen LogP contribution in [0.4, 0.5) is 5.69 Å². The van der Waals surface area contributed by atoms with Crippen molar-refractivity contribution in [3.63, 3.8) is 0 Å². The summed E-state index contributed by atoms with van der Waals surface area (Å²) in [7, 11) is -2.17. The molecule has 0 aliphatic carbocycles. The fourth-order valence-corrected chi connectivity index (χ4v) is 4.26. The Morgan fingerprint density at radius 2 is 1.96 bits per heavy atom. The van der Waals surface area contributed by atoms with E-state index < -0.39 is 10.0 Å². The van der Waals surface area contributed by atoms with Crippen molar-refractivity contribution in [3.05, 3.63) is 46.7 Å². The Bertz CT molecular complexity index is 770. The van der Waals surface area contributed by atoms with Gasteiger partial charge in [0.2, 0.25) is 0 Å². The molecule has 0 saturated heterocycles. The molecule has 1 atom stereocenters. The summed E-state index contributed by atoms with van der Waals surface area (Å²) in [5.74, 6) is -0.242. The van der Waals surface area contributed by atoms with E-state index in [4.69, 9.17) is 0 Å². The Kier molecular flexibility index (Phi) is 5.43. The summed E-state index contributed by atoms with van der Waals surface area (Å²) in [5, 5.41) is 4.33. The summed E-state index contributed by atoms with van der Waals surface area (Å²) in [6.07, 6.45) is 0.818. The first-order valence-electron chi connectivity index (χ1n) is 7.29. The maximum absolute atomic E-state index is 12.6. The van der Waals surface area contributed by atoms with Gasteiger partial charge in [-0.2, -0.15) is 0 Å². The van der Waals surface area contributed by atoms with Gasteiger partial charge in [-0.3, -0.25) is 9.10 Å². The quantitative estimate of drug-likeness (QED) is 0.869. The third-order valence-corrected chi connectivity index (χ3v) is 6.41. The lowest BCUT2D eigenvalue weighted by atomic mass is 10.2. The normalized spacial score (nSPS) is 12.7. The zero-order chi connectivity index (χ0) is 17.0. The van der Waals surface area contributed by atoms with Crippen LogP contribution in [0.15, 0.2) is 46.7 Å². The highest BCUT2D eigenvalue weighted by molar-refractivity contribution is 7.93. The van der Waals surface area contributed by atoms with Crippen LogP contribution in [-0.2, 0) is 10.0 Å². The standard InChI is InChI=1S/C16H20N2O3S2/c1-4-12(2)17-16(19)15-10-14(11-22-15)23(20,21)18(3)13-8-6-5-7-9-13/h5-12H,4H2,1-3H3,(H,17,19)/t12-/m1/s1. The average Bonchev–Trinajstić information content (AvgIpc) is 3.05. The number of hydrogen-bond acceptors (Lipinski definition) is 4. The molecule has 0 aliphatic rings. The fourth-order valence-electron chi connectivity index (χ4n) is 1.90. The van der Waals surface area contributed by atoms with Gasteiger partial charge in [0.1, 0.15) is 0 Å². The molecule has 23 heavy (non-hydrogen) atoms. The van der Waals surface area contributed by atoms with E-state index in [2.05, 4.69) is 5.32 Å². The topological polar surface area (TPSA) is 66.5 Å². The molecule has 1 heterocycles. The van der Waals surface area contributed by atoms with Gasteiger partial charge in [0, 0.05) is 18.5 Å². The van der Waals surface area contributed by atoms with Crippen LogP contribution in [0.25, 0.3) is 0 Å². The maximum atomic E-state index is 12.6. The molecule has 7 heteroatoms. The summed E-state index contributed by atoms with van der Waals surface area (Å²) >= 11 is 1.13. The van der Waals surface area contributed by atoms with Gasteiger partial charge < -0.3 is 5.32 Å². The molecule has 0 aliphatic heterocycles. The third-order valence-electron chi connectivity index (χ3n) is 3.57. The molecule has 2 aromatic rings. The molecular weight excluding hydrogens is 332 g/mol. The number of amides is 1. The number of rotatable bonds is 6. The number of nitrogens with zero attached hydrogens (tertiary/aromatic N) is 1. The van der Waals surface area contributed by atoms with Gasteiger partial charge in [-0.05, 0) is 31.5 Å². The van der Waals surface area contributed by atoms with Crippen molar-refractivity contribution in [2.75, 3.05) is 11.4 Å². The number of benzene rings is 1. The first kappa shape index (κ1) is 17.5. The van der Waals surface area contributed by atoms with Gasteiger partial charge in [0.25, 0.3) is 15.9 Å². The Morgan fingerprint density at radius 3 is 2.57 bits per heavy atom. The highest BCUT2D eigenvalue weighted by Crippen LogP contribution is 2.25. The van der Waals surface area contributed by atoms with Gasteiger partial charge in [-0.25, -0.2) is 8.42 Å². The molecule has 2 rings (SSSR count). The fraction of sp³-hybridized carbons (Fsp3) is 0.312. The number of carbonyl (C=O) groups excluding carboxylic acids is 1. The van der Waals surface area contributed by atoms with Crippen LogP contribution in [0.3, 0.4) is 0 Å². The van der Waals surface area contributed by atoms with Crippen LogP contribution in [-0.4, -0.2) is 27.4 Å². The lowest BCUT2D eigenvalue weighted by Crippen LogP contribution is -2.31. The first-order chi connectivity index (χ1) is 10.9. The minimum absolute atomic E-state index is 0.0525.